The molecule has 0 spiro atoms. The van der Waals surface area contributed by atoms with Gasteiger partial charge in [-0.25, -0.2) is 0 Å². The van der Waals surface area contributed by atoms with Crippen LogP contribution in [-0.4, -0.2) is 18.5 Å². The fourth-order valence-electron chi connectivity index (χ4n) is 1.87. The molecule has 1 nitrogen and oxygen atoms in total. The molecule has 0 unspecified atom stereocenters. The van der Waals surface area contributed by atoms with Crippen LogP contribution in [0.25, 0.3) is 0 Å². The van der Waals surface area contributed by atoms with Crippen LogP contribution in [0.15, 0.2) is 24.3 Å². The normalized spacial score (nSPS) is 23.7. The van der Waals surface area contributed by atoms with Crippen molar-refractivity contribution in [2.45, 2.75) is 19.4 Å². The van der Waals surface area contributed by atoms with E-state index in [1.165, 1.54) is 24.1 Å². The second-order valence-corrected chi connectivity index (χ2v) is 3.64. The molecule has 0 aliphatic carbocycles. The first-order valence-electron chi connectivity index (χ1n) is 4.55. The van der Waals surface area contributed by atoms with Crippen LogP contribution in [0.4, 0.5) is 0 Å². The molecule has 0 N–H and O–H groups in total. The summed E-state index contributed by atoms with van der Waals surface area (Å²) in [6.45, 7) is 3.44. The highest BCUT2D eigenvalue weighted by molar-refractivity contribution is 5.29. The zero-order valence-electron chi connectivity index (χ0n) is 7.75. The first-order valence-corrected chi connectivity index (χ1v) is 4.55. The molecule has 0 bridgehead atoms. The summed E-state index contributed by atoms with van der Waals surface area (Å²) in [5.74, 6) is 0. The zero-order chi connectivity index (χ0) is 8.55. The van der Waals surface area contributed by atoms with E-state index < -0.39 is 0 Å². The summed E-state index contributed by atoms with van der Waals surface area (Å²) in [4.78, 5) is 2.41. The fourth-order valence-corrected chi connectivity index (χ4v) is 1.87. The molecule has 1 aromatic carbocycles. The third kappa shape index (κ3) is 1.14. The quantitative estimate of drug-likeness (QED) is 0.611. The summed E-state index contributed by atoms with van der Waals surface area (Å²) < 4.78 is 0. The second kappa shape index (κ2) is 2.91. The molecule has 2 rings (SSSR count). The summed E-state index contributed by atoms with van der Waals surface area (Å²) in [5, 5.41) is 0. The Labute approximate surface area is 74.0 Å². The van der Waals surface area contributed by atoms with Crippen molar-refractivity contribution in [2.75, 3.05) is 13.6 Å². The number of benzene rings is 1. The molecule has 1 heteroatoms. The monoisotopic (exact) mass is 161 g/mol. The van der Waals surface area contributed by atoms with E-state index in [1.807, 2.05) is 0 Å². The largest absolute Gasteiger partial charge is 0.299 e. The smallest absolute Gasteiger partial charge is 0.0359 e. The minimum Gasteiger partial charge on any atom is -0.299 e. The molecule has 1 heterocycles. The first kappa shape index (κ1) is 7.81. The minimum atomic E-state index is 0.686. The van der Waals surface area contributed by atoms with Crippen LogP contribution in [0.2, 0.25) is 0 Å². The van der Waals surface area contributed by atoms with E-state index in [-0.39, 0.29) is 0 Å². The first-order chi connectivity index (χ1) is 5.79. The predicted octanol–water partition coefficient (Wildman–Crippen LogP) is 2.37. The Balaban J connectivity index is 2.27. The SMILES string of the molecule is Cc1ccccc1[C@@H]1CCN1C. The number of likely N-dealkylation sites (tertiary alicyclic amines) is 1. The number of rotatable bonds is 1. The van der Waals surface area contributed by atoms with Crippen LogP contribution in [0.3, 0.4) is 0 Å². The van der Waals surface area contributed by atoms with E-state index in [9.17, 15) is 0 Å². The summed E-state index contributed by atoms with van der Waals surface area (Å²) in [6, 6.07) is 9.37. The molecule has 0 aromatic heterocycles. The molecular formula is C11H15N. The summed E-state index contributed by atoms with van der Waals surface area (Å²) in [5.41, 5.74) is 2.93. The molecular weight excluding hydrogens is 146 g/mol. The summed E-state index contributed by atoms with van der Waals surface area (Å²) in [7, 11) is 2.20. The van der Waals surface area contributed by atoms with Crippen molar-refractivity contribution in [2.24, 2.45) is 0 Å². The van der Waals surface area contributed by atoms with Crippen LogP contribution in [0, 0.1) is 6.92 Å². The van der Waals surface area contributed by atoms with E-state index in [0.717, 1.165) is 0 Å². The van der Waals surface area contributed by atoms with Crippen molar-refractivity contribution in [1.29, 1.82) is 0 Å². The van der Waals surface area contributed by atoms with Crippen molar-refractivity contribution in [3.63, 3.8) is 0 Å². The Kier molecular flexibility index (Phi) is 1.89. The van der Waals surface area contributed by atoms with Crippen molar-refractivity contribution in [3.05, 3.63) is 35.4 Å². The van der Waals surface area contributed by atoms with Crippen LogP contribution in [0.1, 0.15) is 23.6 Å². The maximum absolute atomic E-state index is 2.41. The predicted molar refractivity (Wildman–Crippen MR) is 51.2 cm³/mol. The maximum atomic E-state index is 2.41. The van der Waals surface area contributed by atoms with Crippen molar-refractivity contribution in [1.82, 2.24) is 4.90 Å². The molecule has 12 heavy (non-hydrogen) atoms. The van der Waals surface area contributed by atoms with Crippen molar-refractivity contribution >= 4 is 0 Å². The molecule has 1 aliphatic heterocycles. The Morgan fingerprint density at radius 3 is 2.58 bits per heavy atom. The van der Waals surface area contributed by atoms with Gasteiger partial charge < -0.3 is 0 Å². The lowest BCUT2D eigenvalue weighted by molar-refractivity contribution is 0.127. The highest BCUT2D eigenvalue weighted by Crippen LogP contribution is 2.32. The lowest BCUT2D eigenvalue weighted by atomic mass is 9.92. The fraction of sp³-hybridized carbons (Fsp3) is 0.455. The van der Waals surface area contributed by atoms with E-state index in [4.69, 9.17) is 0 Å². The van der Waals surface area contributed by atoms with E-state index in [1.54, 1.807) is 0 Å². The average Bonchev–Trinajstić information content (AvgIpc) is 2.06. The lowest BCUT2D eigenvalue weighted by Gasteiger charge is -2.39. The summed E-state index contributed by atoms with van der Waals surface area (Å²) >= 11 is 0. The van der Waals surface area contributed by atoms with Crippen LogP contribution < -0.4 is 0 Å². The Bertz CT molecular complexity index is 280. The summed E-state index contributed by atoms with van der Waals surface area (Å²) in [6.07, 6.45) is 1.32. The van der Waals surface area contributed by atoms with Gasteiger partial charge in [0.25, 0.3) is 0 Å². The zero-order valence-corrected chi connectivity index (χ0v) is 7.75. The van der Waals surface area contributed by atoms with Gasteiger partial charge >= 0.3 is 0 Å². The van der Waals surface area contributed by atoms with Gasteiger partial charge in [0, 0.05) is 12.6 Å². The molecule has 1 aromatic rings. The number of hydrogen-bond donors (Lipinski definition) is 0. The lowest BCUT2D eigenvalue weighted by Crippen LogP contribution is -2.37. The van der Waals surface area contributed by atoms with Gasteiger partial charge in [-0.2, -0.15) is 0 Å². The molecule has 1 saturated heterocycles. The van der Waals surface area contributed by atoms with Gasteiger partial charge in [-0.15, -0.1) is 0 Å². The van der Waals surface area contributed by atoms with E-state index >= 15 is 0 Å². The highest BCUT2D eigenvalue weighted by atomic mass is 15.2. The van der Waals surface area contributed by atoms with Crippen molar-refractivity contribution in [3.8, 4) is 0 Å². The van der Waals surface area contributed by atoms with Crippen LogP contribution in [-0.2, 0) is 0 Å². The number of aryl methyl sites for hydroxylation is 1. The average molecular weight is 161 g/mol. The molecule has 1 aliphatic rings. The highest BCUT2D eigenvalue weighted by Gasteiger charge is 2.26. The van der Waals surface area contributed by atoms with Crippen molar-refractivity contribution < 1.29 is 0 Å². The van der Waals surface area contributed by atoms with Gasteiger partial charge in [0.05, 0.1) is 0 Å². The number of hydrogen-bond acceptors (Lipinski definition) is 1. The standard InChI is InChI=1S/C11H15N/c1-9-5-3-4-6-10(9)11-7-8-12(11)2/h3-6,11H,7-8H2,1-2H3/t11-/m0/s1. The topological polar surface area (TPSA) is 3.24 Å². The van der Waals surface area contributed by atoms with Gasteiger partial charge in [-0.05, 0) is 31.5 Å². The third-order valence-electron chi connectivity index (χ3n) is 2.83. The van der Waals surface area contributed by atoms with E-state index in [2.05, 4.69) is 43.1 Å². The van der Waals surface area contributed by atoms with Gasteiger partial charge in [-0.1, -0.05) is 24.3 Å². The third-order valence-corrected chi connectivity index (χ3v) is 2.83. The Morgan fingerprint density at radius 2 is 2.08 bits per heavy atom. The second-order valence-electron chi connectivity index (χ2n) is 3.64. The van der Waals surface area contributed by atoms with Gasteiger partial charge in [0.2, 0.25) is 0 Å². The van der Waals surface area contributed by atoms with Gasteiger partial charge in [-0.3, -0.25) is 4.90 Å². The van der Waals surface area contributed by atoms with Crippen LogP contribution >= 0.6 is 0 Å². The van der Waals surface area contributed by atoms with Gasteiger partial charge in [0.1, 0.15) is 0 Å². The molecule has 0 radical (unpaired) electrons. The Hall–Kier alpha value is -0.820. The minimum absolute atomic E-state index is 0.686. The Morgan fingerprint density at radius 1 is 1.33 bits per heavy atom. The number of nitrogens with zero attached hydrogens (tertiary/aromatic N) is 1. The maximum Gasteiger partial charge on any atom is 0.0359 e. The molecule has 0 amide bonds. The molecule has 1 atom stereocenters. The molecule has 1 fully saturated rings. The van der Waals surface area contributed by atoms with Crippen LogP contribution in [0.5, 0.6) is 0 Å². The van der Waals surface area contributed by atoms with E-state index in [0.29, 0.717) is 6.04 Å². The molecule has 0 saturated carbocycles. The molecule has 64 valence electrons. The van der Waals surface area contributed by atoms with Gasteiger partial charge in [0.15, 0.2) is 0 Å².